The van der Waals surface area contributed by atoms with E-state index in [1.54, 1.807) is 23.7 Å². The Hall–Kier alpha value is -1.40. The van der Waals surface area contributed by atoms with Gasteiger partial charge in [0.1, 0.15) is 0 Å². The monoisotopic (exact) mass is 256 g/mol. The minimum Gasteiger partial charge on any atom is -0.354 e. The summed E-state index contributed by atoms with van der Waals surface area (Å²) in [4.78, 5) is 23.6. The van der Waals surface area contributed by atoms with E-state index in [0.717, 1.165) is 4.88 Å². The first kappa shape index (κ1) is 13.7. The van der Waals surface area contributed by atoms with Gasteiger partial charge in [0.25, 0.3) is 11.8 Å². The number of hydrogen-bond donors (Lipinski definition) is 3. The third-order valence-electron chi connectivity index (χ3n) is 2.29. The number of rotatable bonds is 6. The second kappa shape index (κ2) is 7.03. The Balaban J connectivity index is 2.23. The molecule has 0 fully saturated rings. The van der Waals surface area contributed by atoms with Crippen molar-refractivity contribution in [3.05, 3.63) is 22.4 Å². The van der Waals surface area contributed by atoms with E-state index in [1.165, 1.54) is 0 Å². The van der Waals surface area contributed by atoms with E-state index in [-0.39, 0.29) is 30.9 Å². The molecule has 0 aromatic carbocycles. The lowest BCUT2D eigenvalue weighted by Crippen LogP contribution is -2.88. The van der Waals surface area contributed by atoms with Crippen LogP contribution in [0.5, 0.6) is 0 Å². The summed E-state index contributed by atoms with van der Waals surface area (Å²) in [6.07, 6.45) is 0. The molecule has 5 nitrogen and oxygen atoms in total. The van der Waals surface area contributed by atoms with Gasteiger partial charge in [-0.1, -0.05) is 6.07 Å². The smallest absolute Gasteiger partial charge is 0.275 e. The molecular weight excluding hydrogens is 238 g/mol. The van der Waals surface area contributed by atoms with Crippen LogP contribution in [0.15, 0.2) is 17.5 Å². The molecule has 4 N–H and O–H groups in total. The molecule has 6 heteroatoms. The minimum absolute atomic E-state index is 0.0240. The summed E-state index contributed by atoms with van der Waals surface area (Å²) in [6, 6.07) is 3.97. The highest BCUT2D eigenvalue weighted by molar-refractivity contribution is 7.10. The van der Waals surface area contributed by atoms with E-state index in [2.05, 4.69) is 10.6 Å². The first-order valence-corrected chi connectivity index (χ1v) is 6.36. The Morgan fingerprint density at radius 2 is 2.12 bits per heavy atom. The molecule has 0 aliphatic rings. The lowest BCUT2D eigenvalue weighted by atomic mass is 10.3. The molecular formula is C11H18N3O2S+. The Morgan fingerprint density at radius 3 is 2.71 bits per heavy atom. The standard InChI is InChI=1S/C11H17N3O2S/c1-8(9-4-3-5-17-9)14-11(16)7-13-6-10(15)12-2/h3-5,8,13H,6-7H2,1-2H3,(H,12,15)(H,14,16)/p+1/t8-/m1/s1. The normalized spacial score (nSPS) is 11.9. The largest absolute Gasteiger partial charge is 0.354 e. The van der Waals surface area contributed by atoms with Gasteiger partial charge in [0.15, 0.2) is 13.1 Å². The van der Waals surface area contributed by atoms with Gasteiger partial charge in [0, 0.05) is 11.9 Å². The summed E-state index contributed by atoms with van der Waals surface area (Å²) < 4.78 is 0. The predicted molar refractivity (Wildman–Crippen MR) is 66.6 cm³/mol. The zero-order valence-electron chi connectivity index (χ0n) is 10.0. The average Bonchev–Trinajstić information content (AvgIpc) is 2.82. The van der Waals surface area contributed by atoms with E-state index in [9.17, 15) is 9.59 Å². The van der Waals surface area contributed by atoms with Gasteiger partial charge in [-0.05, 0) is 18.4 Å². The molecule has 0 aliphatic heterocycles. The van der Waals surface area contributed by atoms with Crippen molar-refractivity contribution < 1.29 is 14.9 Å². The van der Waals surface area contributed by atoms with Gasteiger partial charge in [0.05, 0.1) is 6.04 Å². The molecule has 17 heavy (non-hydrogen) atoms. The second-order valence-electron chi connectivity index (χ2n) is 3.67. The van der Waals surface area contributed by atoms with Gasteiger partial charge in [-0.3, -0.25) is 9.59 Å². The maximum Gasteiger partial charge on any atom is 0.275 e. The van der Waals surface area contributed by atoms with Gasteiger partial charge in [-0.25, -0.2) is 0 Å². The summed E-state index contributed by atoms with van der Waals surface area (Å²) >= 11 is 1.62. The molecule has 0 bridgehead atoms. The van der Waals surface area contributed by atoms with E-state index < -0.39 is 0 Å². The Labute approximate surface area is 105 Å². The summed E-state index contributed by atoms with van der Waals surface area (Å²) in [5.74, 6) is -0.140. The average molecular weight is 256 g/mol. The summed E-state index contributed by atoms with van der Waals surface area (Å²) in [5.41, 5.74) is 0. The van der Waals surface area contributed by atoms with Crippen molar-refractivity contribution in [1.82, 2.24) is 10.6 Å². The number of carbonyl (C=O) groups is 2. The van der Waals surface area contributed by atoms with Gasteiger partial charge < -0.3 is 16.0 Å². The van der Waals surface area contributed by atoms with Gasteiger partial charge in [-0.15, -0.1) is 11.3 Å². The molecule has 1 atom stereocenters. The second-order valence-corrected chi connectivity index (χ2v) is 4.65. The topological polar surface area (TPSA) is 74.8 Å². The fourth-order valence-corrected chi connectivity index (χ4v) is 2.08. The fraction of sp³-hybridized carbons (Fsp3) is 0.455. The predicted octanol–water partition coefficient (Wildman–Crippen LogP) is -0.765. The third kappa shape index (κ3) is 4.97. The minimum atomic E-state index is -0.0795. The van der Waals surface area contributed by atoms with E-state index in [4.69, 9.17) is 0 Å². The summed E-state index contributed by atoms with van der Waals surface area (Å²) in [5, 5.41) is 9.04. The maximum absolute atomic E-state index is 11.5. The first-order valence-electron chi connectivity index (χ1n) is 5.48. The molecule has 1 aromatic heterocycles. The quantitative estimate of drug-likeness (QED) is 0.625. The number of hydrogen-bond acceptors (Lipinski definition) is 3. The van der Waals surface area contributed by atoms with Crippen LogP contribution in [0.2, 0.25) is 0 Å². The molecule has 0 radical (unpaired) electrons. The van der Waals surface area contributed by atoms with Crippen molar-refractivity contribution in [2.45, 2.75) is 13.0 Å². The Bertz CT molecular complexity index is 365. The van der Waals surface area contributed by atoms with E-state index in [1.807, 2.05) is 24.4 Å². The van der Waals surface area contributed by atoms with Crippen LogP contribution >= 0.6 is 11.3 Å². The summed E-state index contributed by atoms with van der Waals surface area (Å²) in [7, 11) is 1.58. The van der Waals surface area contributed by atoms with Crippen molar-refractivity contribution in [1.29, 1.82) is 0 Å². The van der Waals surface area contributed by atoms with Crippen LogP contribution < -0.4 is 16.0 Å². The number of carbonyl (C=O) groups excluding carboxylic acids is 2. The van der Waals surface area contributed by atoms with Crippen LogP contribution in [0.3, 0.4) is 0 Å². The number of nitrogens with one attached hydrogen (secondary N) is 2. The molecule has 0 saturated carbocycles. The molecule has 2 amide bonds. The molecule has 1 heterocycles. The third-order valence-corrected chi connectivity index (χ3v) is 3.34. The molecule has 94 valence electrons. The van der Waals surface area contributed by atoms with Crippen molar-refractivity contribution in [2.75, 3.05) is 20.1 Å². The van der Waals surface area contributed by atoms with Gasteiger partial charge >= 0.3 is 0 Å². The maximum atomic E-state index is 11.5. The number of amides is 2. The Kier molecular flexibility index (Phi) is 5.65. The number of likely N-dealkylation sites (N-methyl/N-ethyl adjacent to an activating group) is 1. The molecule has 0 saturated heterocycles. The highest BCUT2D eigenvalue weighted by atomic mass is 32.1. The van der Waals surface area contributed by atoms with Crippen molar-refractivity contribution in [3.8, 4) is 0 Å². The van der Waals surface area contributed by atoms with Crippen molar-refractivity contribution in [2.24, 2.45) is 0 Å². The fourth-order valence-electron chi connectivity index (χ4n) is 1.35. The number of quaternary nitrogens is 1. The highest BCUT2D eigenvalue weighted by Crippen LogP contribution is 2.17. The Morgan fingerprint density at radius 1 is 1.41 bits per heavy atom. The summed E-state index contributed by atoms with van der Waals surface area (Å²) in [6.45, 7) is 2.49. The van der Waals surface area contributed by atoms with Crippen molar-refractivity contribution >= 4 is 23.2 Å². The zero-order valence-corrected chi connectivity index (χ0v) is 10.8. The van der Waals surface area contributed by atoms with Crippen LogP contribution in [-0.4, -0.2) is 32.0 Å². The molecule has 0 spiro atoms. The van der Waals surface area contributed by atoms with Gasteiger partial charge in [-0.2, -0.15) is 0 Å². The first-order chi connectivity index (χ1) is 8.13. The number of thiophene rings is 1. The van der Waals surface area contributed by atoms with E-state index in [0.29, 0.717) is 0 Å². The van der Waals surface area contributed by atoms with Crippen LogP contribution in [0.25, 0.3) is 0 Å². The molecule has 1 rings (SSSR count). The van der Waals surface area contributed by atoms with Crippen LogP contribution in [0.1, 0.15) is 17.8 Å². The van der Waals surface area contributed by atoms with Crippen LogP contribution in [-0.2, 0) is 9.59 Å². The molecule has 0 unspecified atom stereocenters. The SMILES string of the molecule is CNC(=O)C[NH2+]CC(=O)N[C@H](C)c1cccs1. The van der Waals surface area contributed by atoms with Crippen LogP contribution in [0, 0.1) is 0 Å². The lowest BCUT2D eigenvalue weighted by Gasteiger charge is -2.11. The van der Waals surface area contributed by atoms with Crippen LogP contribution in [0.4, 0.5) is 0 Å². The highest BCUT2D eigenvalue weighted by Gasteiger charge is 2.11. The molecule has 0 aliphatic carbocycles. The molecule has 1 aromatic rings. The van der Waals surface area contributed by atoms with Gasteiger partial charge in [0.2, 0.25) is 0 Å². The van der Waals surface area contributed by atoms with Crippen molar-refractivity contribution in [3.63, 3.8) is 0 Å². The zero-order chi connectivity index (χ0) is 12.7. The number of nitrogens with two attached hydrogens (primary N) is 1. The van der Waals surface area contributed by atoms with E-state index >= 15 is 0 Å². The lowest BCUT2D eigenvalue weighted by molar-refractivity contribution is -0.633.